The van der Waals surface area contributed by atoms with Gasteiger partial charge in [0.15, 0.2) is 0 Å². The molecule has 0 bridgehead atoms. The summed E-state index contributed by atoms with van der Waals surface area (Å²) < 4.78 is 23.3. The number of carboxylic acids is 1. The Morgan fingerprint density at radius 3 is 2.43 bits per heavy atom. The first-order valence-corrected chi connectivity index (χ1v) is 8.49. The van der Waals surface area contributed by atoms with E-state index in [-0.39, 0.29) is 11.3 Å². The van der Waals surface area contributed by atoms with Gasteiger partial charge in [0.05, 0.1) is 12.1 Å². The fourth-order valence-corrected chi connectivity index (χ4v) is 3.66. The second kappa shape index (κ2) is 6.03. The van der Waals surface area contributed by atoms with Crippen molar-refractivity contribution in [2.75, 3.05) is 5.32 Å². The van der Waals surface area contributed by atoms with Gasteiger partial charge in [-0.25, -0.2) is 13.6 Å². The molecule has 7 heteroatoms. The summed E-state index contributed by atoms with van der Waals surface area (Å²) in [6, 6.07) is 6.34. The number of para-hydroxylation sites is 1. The van der Waals surface area contributed by atoms with Crippen LogP contribution in [0.3, 0.4) is 0 Å². The average Bonchev–Trinajstić information content (AvgIpc) is 2.38. The highest BCUT2D eigenvalue weighted by molar-refractivity contribution is 7.89. The van der Waals surface area contributed by atoms with Crippen molar-refractivity contribution in [1.82, 2.24) is 0 Å². The van der Waals surface area contributed by atoms with Crippen LogP contribution in [0.5, 0.6) is 0 Å². The lowest BCUT2D eigenvalue weighted by atomic mass is 9.79. The summed E-state index contributed by atoms with van der Waals surface area (Å²) in [5, 5.41) is 17.5. The minimum Gasteiger partial charge on any atom is -0.481 e. The van der Waals surface area contributed by atoms with Crippen molar-refractivity contribution in [2.24, 2.45) is 5.14 Å². The Hall–Kier alpha value is -1.60. The molecule has 21 heavy (non-hydrogen) atoms. The molecule has 0 heterocycles. The van der Waals surface area contributed by atoms with Crippen LogP contribution >= 0.6 is 0 Å². The van der Waals surface area contributed by atoms with Crippen LogP contribution in [0, 0.1) is 0 Å². The van der Waals surface area contributed by atoms with Gasteiger partial charge < -0.3 is 10.4 Å². The molecule has 116 valence electrons. The molecule has 0 amide bonds. The van der Waals surface area contributed by atoms with Gasteiger partial charge >= 0.3 is 5.97 Å². The molecule has 0 saturated heterocycles. The quantitative estimate of drug-likeness (QED) is 0.769. The summed E-state index contributed by atoms with van der Waals surface area (Å²) in [5.74, 6) is -0.891. The number of nitrogens with one attached hydrogen (secondary N) is 1. The number of nitrogens with two attached hydrogens (primary N) is 1. The maximum absolute atomic E-state index is 11.6. The summed E-state index contributed by atoms with van der Waals surface area (Å²) in [6.45, 7) is 0. The molecule has 4 N–H and O–H groups in total. The van der Waals surface area contributed by atoms with Gasteiger partial charge in [-0.15, -0.1) is 0 Å². The van der Waals surface area contributed by atoms with Crippen molar-refractivity contribution in [3.8, 4) is 0 Å². The number of hydrogen-bond donors (Lipinski definition) is 3. The molecule has 0 aromatic heterocycles. The fourth-order valence-electron chi connectivity index (χ4n) is 2.97. The van der Waals surface area contributed by atoms with Gasteiger partial charge in [0.1, 0.15) is 4.90 Å². The minimum atomic E-state index is -3.85. The minimum absolute atomic E-state index is 0.000312. The summed E-state index contributed by atoms with van der Waals surface area (Å²) in [7, 11) is -3.85. The Balaban J connectivity index is 2.35. The van der Waals surface area contributed by atoms with Gasteiger partial charge in [-0.3, -0.25) is 4.79 Å². The number of carbonyl (C=O) groups is 1. The molecule has 0 spiro atoms. The third-order valence-electron chi connectivity index (χ3n) is 3.89. The van der Waals surface area contributed by atoms with E-state index in [1.54, 1.807) is 18.2 Å². The molecule has 0 radical (unpaired) electrons. The van der Waals surface area contributed by atoms with Crippen LogP contribution in [0.15, 0.2) is 29.2 Å². The number of sulfonamides is 1. The van der Waals surface area contributed by atoms with Crippen LogP contribution in [0.2, 0.25) is 0 Å². The van der Waals surface area contributed by atoms with Crippen molar-refractivity contribution in [1.29, 1.82) is 0 Å². The second-order valence-corrected chi connectivity index (χ2v) is 7.11. The monoisotopic (exact) mass is 312 g/mol. The largest absolute Gasteiger partial charge is 0.481 e. The normalized spacial score (nSPS) is 18.1. The Morgan fingerprint density at radius 1 is 1.24 bits per heavy atom. The molecule has 2 rings (SSSR count). The smallest absolute Gasteiger partial charge is 0.305 e. The zero-order valence-electron chi connectivity index (χ0n) is 11.7. The topological polar surface area (TPSA) is 109 Å². The lowest BCUT2D eigenvalue weighted by Crippen LogP contribution is -2.42. The SMILES string of the molecule is NS(=O)(=O)c1ccccc1NC1(CC(=O)O)CCCCC1. The van der Waals surface area contributed by atoms with Crippen molar-refractivity contribution >= 4 is 21.7 Å². The molecule has 6 nitrogen and oxygen atoms in total. The number of carboxylic acid groups (broad SMARTS) is 1. The first-order chi connectivity index (χ1) is 9.82. The average molecular weight is 312 g/mol. The van der Waals surface area contributed by atoms with E-state index in [1.807, 2.05) is 0 Å². The molecule has 1 fully saturated rings. The lowest BCUT2D eigenvalue weighted by Gasteiger charge is -2.38. The van der Waals surface area contributed by atoms with E-state index >= 15 is 0 Å². The lowest BCUT2D eigenvalue weighted by molar-refractivity contribution is -0.138. The van der Waals surface area contributed by atoms with E-state index in [9.17, 15) is 13.2 Å². The van der Waals surface area contributed by atoms with Crippen LogP contribution in [0.4, 0.5) is 5.69 Å². The van der Waals surface area contributed by atoms with Crippen LogP contribution in [0.1, 0.15) is 38.5 Å². The zero-order valence-corrected chi connectivity index (χ0v) is 12.5. The Morgan fingerprint density at radius 2 is 1.86 bits per heavy atom. The highest BCUT2D eigenvalue weighted by Crippen LogP contribution is 2.36. The molecular formula is C14H20N2O4S. The zero-order chi connectivity index (χ0) is 15.5. The Bertz CT molecular complexity index is 622. The van der Waals surface area contributed by atoms with E-state index < -0.39 is 21.5 Å². The number of rotatable bonds is 5. The van der Waals surface area contributed by atoms with Crippen LogP contribution in [0.25, 0.3) is 0 Å². The van der Waals surface area contributed by atoms with Crippen LogP contribution in [-0.2, 0) is 14.8 Å². The molecule has 1 aliphatic carbocycles. The first-order valence-electron chi connectivity index (χ1n) is 6.94. The number of hydrogen-bond acceptors (Lipinski definition) is 4. The van der Waals surface area contributed by atoms with E-state index in [0.29, 0.717) is 18.5 Å². The van der Waals surface area contributed by atoms with Crippen LogP contribution in [-0.4, -0.2) is 25.0 Å². The predicted molar refractivity (Wildman–Crippen MR) is 79.5 cm³/mol. The molecule has 1 aromatic rings. The van der Waals surface area contributed by atoms with E-state index in [2.05, 4.69) is 5.32 Å². The molecule has 0 aliphatic heterocycles. The Kier molecular flexibility index (Phi) is 4.53. The summed E-state index contributed by atoms with van der Waals surface area (Å²) >= 11 is 0. The second-order valence-electron chi connectivity index (χ2n) is 5.58. The maximum Gasteiger partial charge on any atom is 0.305 e. The number of benzene rings is 1. The highest BCUT2D eigenvalue weighted by atomic mass is 32.2. The summed E-state index contributed by atoms with van der Waals surface area (Å²) in [5.41, 5.74) is -0.228. The third kappa shape index (κ3) is 3.95. The summed E-state index contributed by atoms with van der Waals surface area (Å²) in [6.07, 6.45) is 4.30. The van der Waals surface area contributed by atoms with Crippen molar-refractivity contribution < 1.29 is 18.3 Å². The maximum atomic E-state index is 11.6. The molecule has 1 saturated carbocycles. The van der Waals surface area contributed by atoms with E-state index in [0.717, 1.165) is 19.3 Å². The van der Waals surface area contributed by atoms with Gasteiger partial charge in [0, 0.05) is 5.54 Å². The van der Waals surface area contributed by atoms with Crippen molar-refractivity contribution in [3.63, 3.8) is 0 Å². The number of anilines is 1. The van der Waals surface area contributed by atoms with E-state index in [1.165, 1.54) is 6.07 Å². The predicted octanol–water partition coefficient (Wildman–Crippen LogP) is 1.92. The van der Waals surface area contributed by atoms with Gasteiger partial charge in [-0.2, -0.15) is 0 Å². The van der Waals surface area contributed by atoms with Gasteiger partial charge in [-0.05, 0) is 25.0 Å². The third-order valence-corrected chi connectivity index (χ3v) is 4.86. The molecule has 0 atom stereocenters. The number of primary sulfonamides is 1. The van der Waals surface area contributed by atoms with Gasteiger partial charge in [0.2, 0.25) is 10.0 Å². The molecule has 1 aliphatic rings. The first kappa shape index (κ1) is 15.8. The number of aliphatic carboxylic acids is 1. The van der Waals surface area contributed by atoms with Crippen molar-refractivity contribution in [3.05, 3.63) is 24.3 Å². The summed E-state index contributed by atoms with van der Waals surface area (Å²) in [4.78, 5) is 11.2. The fraction of sp³-hybridized carbons (Fsp3) is 0.500. The highest BCUT2D eigenvalue weighted by Gasteiger charge is 2.35. The van der Waals surface area contributed by atoms with E-state index in [4.69, 9.17) is 10.2 Å². The Labute approximate surface area is 124 Å². The van der Waals surface area contributed by atoms with Gasteiger partial charge in [-0.1, -0.05) is 31.4 Å². The molecule has 0 unspecified atom stereocenters. The van der Waals surface area contributed by atoms with Gasteiger partial charge in [0.25, 0.3) is 0 Å². The molecule has 1 aromatic carbocycles. The standard InChI is InChI=1S/C14H20N2O4S/c15-21(19,20)12-7-3-2-6-11(12)16-14(10-13(17)18)8-4-1-5-9-14/h2-3,6-7,16H,1,4-5,8-10H2,(H,17,18)(H2,15,19,20). The van der Waals surface area contributed by atoms with Crippen LogP contribution < -0.4 is 10.5 Å². The molecular weight excluding hydrogens is 292 g/mol. The van der Waals surface area contributed by atoms with Crippen molar-refractivity contribution in [2.45, 2.75) is 49.0 Å².